The molecule has 8 aromatic heterocycles. The van der Waals surface area contributed by atoms with Gasteiger partial charge >= 0.3 is 15.6 Å². The van der Waals surface area contributed by atoms with Crippen molar-refractivity contribution in [2.45, 2.75) is 15.6 Å². The van der Waals surface area contributed by atoms with E-state index in [1.54, 1.807) is 33.4 Å². The quantitative estimate of drug-likeness (QED) is 0.0881. The van der Waals surface area contributed by atoms with Crippen LogP contribution in [0.15, 0.2) is 132 Å². The molecule has 10 heterocycles. The van der Waals surface area contributed by atoms with E-state index in [9.17, 15) is 21.6 Å². The summed E-state index contributed by atoms with van der Waals surface area (Å²) >= 11 is 6.72. The maximum absolute atomic E-state index is 12.4. The van der Waals surface area contributed by atoms with Crippen LogP contribution in [0.2, 0.25) is 0 Å². The molecular weight excluding hydrogens is 994 g/mol. The monoisotopic (exact) mass is 1040 g/mol. The van der Waals surface area contributed by atoms with Gasteiger partial charge in [0.05, 0.1) is 73.6 Å². The van der Waals surface area contributed by atoms with Crippen LogP contribution in [0.25, 0.3) is 55.4 Å². The number of pyridine rings is 4. The lowest BCUT2D eigenvalue weighted by molar-refractivity contribution is -0.0500. The molecule has 0 unspecified atom stereocenters. The van der Waals surface area contributed by atoms with Gasteiger partial charge in [0.15, 0.2) is 21.2 Å². The Labute approximate surface area is 417 Å². The zero-order valence-corrected chi connectivity index (χ0v) is 40.9. The lowest BCUT2D eigenvalue weighted by Crippen LogP contribution is -2.36. The number of benzene rings is 2. The minimum atomic E-state index is -5.70. The van der Waals surface area contributed by atoms with Crippen LogP contribution in [0.3, 0.4) is 0 Å². The molecule has 0 atom stereocenters. The van der Waals surface area contributed by atoms with Gasteiger partial charge in [-0.2, -0.15) is 36.9 Å². The second-order valence-electron chi connectivity index (χ2n) is 16.5. The molecule has 19 nitrogen and oxygen atoms in total. The van der Waals surface area contributed by atoms with Crippen molar-refractivity contribution in [2.75, 3.05) is 62.4 Å². The number of aromatic nitrogens is 12. The number of anilines is 2. The average molecular weight is 1040 g/mol. The van der Waals surface area contributed by atoms with Gasteiger partial charge in [0, 0.05) is 103 Å². The van der Waals surface area contributed by atoms with Gasteiger partial charge in [-0.25, -0.2) is 0 Å². The highest BCUT2D eigenvalue weighted by molar-refractivity contribution is 7.99. The number of rotatable bonds is 8. The predicted molar refractivity (Wildman–Crippen MR) is 267 cm³/mol. The van der Waals surface area contributed by atoms with E-state index in [1.165, 1.54) is 12.1 Å². The zero-order valence-electron chi connectivity index (χ0n) is 38.4. The Morgan fingerprint density at radius 3 is 1.78 bits per heavy atom. The van der Waals surface area contributed by atoms with Crippen molar-refractivity contribution < 1.29 is 35.2 Å². The Morgan fingerprint density at radius 2 is 1.21 bits per heavy atom. The Morgan fingerprint density at radius 1 is 0.653 bits per heavy atom. The van der Waals surface area contributed by atoms with Gasteiger partial charge in [-0.15, -0.1) is 10.2 Å². The molecule has 2 aliphatic heterocycles. The van der Waals surface area contributed by atoms with Gasteiger partial charge in [-0.3, -0.25) is 33.2 Å². The summed E-state index contributed by atoms with van der Waals surface area (Å²) in [6.45, 7) is 5.80. The van der Waals surface area contributed by atoms with E-state index in [2.05, 4.69) is 80.1 Å². The van der Waals surface area contributed by atoms with Crippen molar-refractivity contribution in [1.82, 2.24) is 58.7 Å². The lowest BCUT2D eigenvalue weighted by Gasteiger charge is -2.28. The molecule has 370 valence electrons. The number of halogens is 3. The van der Waals surface area contributed by atoms with Crippen LogP contribution >= 0.6 is 24.0 Å². The van der Waals surface area contributed by atoms with Gasteiger partial charge < -0.3 is 23.5 Å². The van der Waals surface area contributed by atoms with Crippen molar-refractivity contribution in [2.24, 2.45) is 14.1 Å². The molecule has 2 saturated heterocycles. The Balaban J connectivity index is 0.000000132. The number of ether oxygens (including phenoxy) is 2. The smallest absolute Gasteiger partial charge is 0.378 e. The summed E-state index contributed by atoms with van der Waals surface area (Å²) < 4.78 is 82.3. The predicted octanol–water partition coefficient (Wildman–Crippen LogP) is 7.76. The minimum Gasteiger partial charge on any atom is -0.378 e. The number of hydrogen-bond acceptors (Lipinski definition) is 16. The summed E-state index contributed by atoms with van der Waals surface area (Å²) in [5, 5.41) is 26.4. The van der Waals surface area contributed by atoms with Crippen LogP contribution in [0.1, 0.15) is 0 Å². The van der Waals surface area contributed by atoms with E-state index in [1.807, 2.05) is 89.2 Å². The summed E-state index contributed by atoms with van der Waals surface area (Å²) in [6.07, 6.45) is 15.3. The fourth-order valence-electron chi connectivity index (χ4n) is 7.91. The molecule has 0 aliphatic carbocycles. The van der Waals surface area contributed by atoms with Gasteiger partial charge in [-0.05, 0) is 96.8 Å². The van der Waals surface area contributed by atoms with Crippen LogP contribution in [-0.2, 0) is 33.7 Å². The van der Waals surface area contributed by atoms with Crippen molar-refractivity contribution in [3.63, 3.8) is 0 Å². The van der Waals surface area contributed by atoms with E-state index in [4.69, 9.17) is 21.7 Å². The summed E-state index contributed by atoms with van der Waals surface area (Å²) in [7, 11) is -1.89. The molecule has 2 aromatic carbocycles. The molecule has 0 spiro atoms. The molecule has 0 amide bonds. The fourth-order valence-corrected chi connectivity index (χ4v) is 9.41. The average Bonchev–Trinajstić information content (AvgIpc) is 4.21. The Bertz CT molecular complexity index is 3730. The number of aromatic amines is 1. The number of aryl methyl sites for hydroxylation is 2. The largest absolute Gasteiger partial charge is 0.534 e. The van der Waals surface area contributed by atoms with Crippen LogP contribution in [-0.4, -0.2) is 125 Å². The highest BCUT2D eigenvalue weighted by atomic mass is 32.2. The molecule has 72 heavy (non-hydrogen) atoms. The first-order valence-electron chi connectivity index (χ1n) is 22.3. The first kappa shape index (κ1) is 48.2. The third-order valence-corrected chi connectivity index (χ3v) is 13.8. The Hall–Kier alpha value is -7.45. The van der Waals surface area contributed by atoms with E-state index in [0.717, 1.165) is 98.2 Å². The normalized spacial score (nSPS) is 14.3. The molecule has 12 rings (SSSR count). The number of alkyl halides is 3. The van der Waals surface area contributed by atoms with E-state index >= 15 is 0 Å². The molecule has 1 N–H and O–H groups in total. The number of morpholine rings is 2. The molecule has 0 bridgehead atoms. The highest BCUT2D eigenvalue weighted by Gasteiger charge is 2.48. The van der Waals surface area contributed by atoms with E-state index in [0.29, 0.717) is 42.0 Å². The lowest BCUT2D eigenvalue weighted by atomic mass is 10.2. The molecule has 0 saturated carbocycles. The molecular formula is C47H43F3N14O5S3. The summed E-state index contributed by atoms with van der Waals surface area (Å²) in [6, 6.07) is 22.0. The molecule has 0 radical (unpaired) electrons. The van der Waals surface area contributed by atoms with Gasteiger partial charge in [-0.1, -0.05) is 0 Å². The second kappa shape index (κ2) is 20.3. The van der Waals surface area contributed by atoms with Crippen LogP contribution in [0.5, 0.6) is 5.75 Å². The third kappa shape index (κ3) is 10.7. The van der Waals surface area contributed by atoms with Crippen molar-refractivity contribution >= 4 is 78.6 Å². The number of nitrogens with zero attached hydrogens (tertiary/aromatic N) is 13. The van der Waals surface area contributed by atoms with Crippen molar-refractivity contribution in [3.8, 4) is 28.0 Å². The van der Waals surface area contributed by atoms with Crippen LogP contribution < -0.4 is 14.0 Å². The zero-order chi connectivity index (χ0) is 50.0. The summed E-state index contributed by atoms with van der Waals surface area (Å²) in [5.74, 6) is -0.416. The van der Waals surface area contributed by atoms with Crippen LogP contribution in [0, 0.1) is 4.77 Å². The van der Waals surface area contributed by atoms with Crippen molar-refractivity contribution in [3.05, 3.63) is 127 Å². The second-order valence-corrected chi connectivity index (χ2v) is 19.5. The minimum absolute atomic E-state index is 0.416. The Kier molecular flexibility index (Phi) is 13.6. The third-order valence-electron chi connectivity index (χ3n) is 11.6. The molecule has 2 aliphatic rings. The highest BCUT2D eigenvalue weighted by Crippen LogP contribution is 2.33. The van der Waals surface area contributed by atoms with E-state index < -0.39 is 21.4 Å². The van der Waals surface area contributed by atoms with Gasteiger partial charge in [0.1, 0.15) is 5.75 Å². The number of nitrogens with one attached hydrogen (secondary N) is 1. The number of H-pyrrole nitrogens is 1. The standard InChI is InChI=1S/C23H21N7OS.C14H13F3N2O4S.C10H9N5S/c1-28-14-18(12-25-28)16-2-5-22-26-27-23(30(22)15-16)32-20-3-4-21-17(11-20)10-19(13-24-21)29-6-8-31-9-7-29;15-14(16,17)24(20,21)23-12-1-2-13-10(8-12)7-11(9-18-13)19-3-5-22-6-4-19;1-14-5-8(4-11-14)7-2-3-9-12-13-10(16)15(9)6-7/h2-5,10-15H,6-9H2,1H3;1-2,7-9H,3-6H2;2-6H,1H3,(H,13,16). The SMILES string of the molecule is Cn1cc(-c2ccc3n[nH]c(=S)n3c2)cn1.Cn1cc(-c2ccc3nnc(Sc4ccc5ncc(N6CCOCC6)cc5c4)n3c2)cn1.O=S(=O)(Oc1ccc2ncc(N3CCOCC3)cc2c1)C(F)(F)F. The van der Waals surface area contributed by atoms with Crippen molar-refractivity contribution in [1.29, 1.82) is 0 Å². The molecule has 10 aromatic rings. The maximum atomic E-state index is 12.4. The van der Waals surface area contributed by atoms with Crippen LogP contribution in [0.4, 0.5) is 24.5 Å². The maximum Gasteiger partial charge on any atom is 0.534 e. The first-order valence-corrected chi connectivity index (χ1v) is 24.9. The summed E-state index contributed by atoms with van der Waals surface area (Å²) in [5.41, 5.74) is 3.84. The molecule has 25 heteroatoms. The summed E-state index contributed by atoms with van der Waals surface area (Å²) in [4.78, 5) is 14.3. The molecule has 2 fully saturated rings. The number of hydrogen-bond donors (Lipinski definition) is 1. The van der Waals surface area contributed by atoms with Gasteiger partial charge in [0.25, 0.3) is 0 Å². The van der Waals surface area contributed by atoms with Gasteiger partial charge in [0.2, 0.25) is 0 Å². The number of fused-ring (bicyclic) bond motifs is 4. The van der Waals surface area contributed by atoms with E-state index in [-0.39, 0.29) is 0 Å². The fraction of sp³-hybridized carbons (Fsp3) is 0.234. The first-order chi connectivity index (χ1) is 34.7. The topological polar surface area (TPSA) is 193 Å².